The lowest BCUT2D eigenvalue weighted by molar-refractivity contribution is -0.124. The molecule has 0 aliphatic rings. The summed E-state index contributed by atoms with van der Waals surface area (Å²) in [5.41, 5.74) is 0. The molecule has 3 atom stereocenters. The fourth-order valence-electron chi connectivity index (χ4n) is 3.61. The van der Waals surface area contributed by atoms with Crippen LogP contribution in [0.3, 0.4) is 0 Å². The van der Waals surface area contributed by atoms with Crippen LogP contribution in [-0.2, 0) is 4.79 Å². The third-order valence-corrected chi connectivity index (χ3v) is 5.73. The highest BCUT2D eigenvalue weighted by molar-refractivity contribution is 5.76. The van der Waals surface area contributed by atoms with E-state index in [0.717, 1.165) is 38.5 Å². The van der Waals surface area contributed by atoms with Crippen LogP contribution in [0, 0.1) is 0 Å². The molecule has 5 heteroatoms. The number of aliphatic hydroxyl groups is 3. The van der Waals surface area contributed by atoms with Crippen LogP contribution in [0.25, 0.3) is 0 Å². The van der Waals surface area contributed by atoms with Gasteiger partial charge in [0.2, 0.25) is 5.91 Å². The predicted molar refractivity (Wildman–Crippen MR) is 135 cm³/mol. The Labute approximate surface area is 197 Å². The van der Waals surface area contributed by atoms with Crippen LogP contribution >= 0.6 is 0 Å². The van der Waals surface area contributed by atoms with Gasteiger partial charge in [0, 0.05) is 0 Å². The first-order chi connectivity index (χ1) is 15.5. The normalized spacial score (nSPS) is 14.8. The Hall–Kier alpha value is -1.17. The minimum atomic E-state index is -0.926. The number of unbranched alkanes of at least 4 members (excludes halogenated alkanes) is 11. The van der Waals surface area contributed by atoms with Crippen molar-refractivity contribution in [2.75, 3.05) is 6.61 Å². The summed E-state index contributed by atoms with van der Waals surface area (Å²) in [5, 5.41) is 32.5. The predicted octanol–water partition coefficient (Wildman–Crippen LogP) is 5.58. The van der Waals surface area contributed by atoms with Crippen molar-refractivity contribution < 1.29 is 20.1 Å². The third-order valence-electron chi connectivity index (χ3n) is 5.73. The molecule has 4 N–H and O–H groups in total. The molecule has 0 heterocycles. The van der Waals surface area contributed by atoms with Crippen LogP contribution in [0.1, 0.15) is 117 Å². The van der Waals surface area contributed by atoms with E-state index < -0.39 is 18.2 Å². The number of hydrogen-bond acceptors (Lipinski definition) is 4. The van der Waals surface area contributed by atoms with Crippen LogP contribution in [0.15, 0.2) is 24.3 Å². The molecule has 0 spiro atoms. The summed E-state index contributed by atoms with van der Waals surface area (Å²) in [6.07, 6.45) is 23.0. The van der Waals surface area contributed by atoms with E-state index >= 15 is 0 Å². The zero-order valence-corrected chi connectivity index (χ0v) is 20.8. The Kier molecular flexibility index (Phi) is 22.2. The summed E-state index contributed by atoms with van der Waals surface area (Å²) in [7, 11) is 0. The maximum atomic E-state index is 12.2. The standard InChI is InChI=1S/C27H51NO4/c1-3-5-7-9-11-13-15-17-19-21-26(31)25(23-29)28-27(32)22-24(30)20-18-16-14-12-10-8-6-4-2/h10,12,19,21,24-26,29-31H,3-9,11,13-18,20,22-23H2,1-2H3,(H,28,32)/b12-10-,21-19+. The first-order valence-corrected chi connectivity index (χ1v) is 13.1. The minimum absolute atomic E-state index is 0.00267. The lowest BCUT2D eigenvalue weighted by Gasteiger charge is -2.21. The molecule has 0 fully saturated rings. The quantitative estimate of drug-likeness (QED) is 0.127. The number of carbonyl (C=O) groups excluding carboxylic acids is 1. The van der Waals surface area contributed by atoms with E-state index in [4.69, 9.17) is 0 Å². The van der Waals surface area contributed by atoms with Gasteiger partial charge in [-0.2, -0.15) is 0 Å². The molecule has 0 aromatic carbocycles. The van der Waals surface area contributed by atoms with Gasteiger partial charge in [0.05, 0.1) is 31.3 Å². The summed E-state index contributed by atoms with van der Waals surface area (Å²) in [6.45, 7) is 4.06. The van der Waals surface area contributed by atoms with Crippen LogP contribution in [0.2, 0.25) is 0 Å². The summed E-state index contributed by atoms with van der Waals surface area (Å²) in [4.78, 5) is 12.2. The Bertz CT molecular complexity index is 478. The number of aliphatic hydroxyl groups excluding tert-OH is 3. The van der Waals surface area contributed by atoms with E-state index in [9.17, 15) is 20.1 Å². The fraction of sp³-hybridized carbons (Fsp3) is 0.815. The second-order valence-electron chi connectivity index (χ2n) is 8.94. The van der Waals surface area contributed by atoms with Gasteiger partial charge >= 0.3 is 0 Å². The molecular weight excluding hydrogens is 402 g/mol. The molecule has 0 saturated heterocycles. The monoisotopic (exact) mass is 453 g/mol. The Morgan fingerprint density at radius 1 is 0.781 bits per heavy atom. The summed E-state index contributed by atoms with van der Waals surface area (Å²) in [6, 6.07) is -0.742. The maximum Gasteiger partial charge on any atom is 0.222 e. The SMILES string of the molecule is CCCC/C=C\CCCCC(O)CC(=O)NC(CO)C(O)/C=C/CCCCCCCCC. The van der Waals surface area contributed by atoms with Gasteiger partial charge in [-0.1, -0.05) is 95.9 Å². The first kappa shape index (κ1) is 30.8. The van der Waals surface area contributed by atoms with Crippen molar-refractivity contribution in [3.05, 3.63) is 24.3 Å². The highest BCUT2D eigenvalue weighted by atomic mass is 16.3. The Balaban J connectivity index is 3.95. The molecule has 0 aromatic rings. The van der Waals surface area contributed by atoms with Gasteiger partial charge in [-0.15, -0.1) is 0 Å². The van der Waals surface area contributed by atoms with Gasteiger partial charge in [0.15, 0.2) is 0 Å². The van der Waals surface area contributed by atoms with Gasteiger partial charge in [-0.25, -0.2) is 0 Å². The fourth-order valence-corrected chi connectivity index (χ4v) is 3.61. The van der Waals surface area contributed by atoms with E-state index in [1.165, 1.54) is 51.4 Å². The number of amides is 1. The van der Waals surface area contributed by atoms with Crippen LogP contribution in [0.4, 0.5) is 0 Å². The number of nitrogens with one attached hydrogen (secondary N) is 1. The molecular formula is C27H51NO4. The molecule has 32 heavy (non-hydrogen) atoms. The summed E-state index contributed by atoms with van der Waals surface area (Å²) in [5.74, 6) is -0.337. The van der Waals surface area contributed by atoms with Crippen molar-refractivity contribution in [2.24, 2.45) is 0 Å². The van der Waals surface area contributed by atoms with E-state index in [1.807, 2.05) is 6.08 Å². The number of hydrogen-bond donors (Lipinski definition) is 4. The van der Waals surface area contributed by atoms with Gasteiger partial charge in [-0.05, 0) is 38.5 Å². The van der Waals surface area contributed by atoms with Crippen LogP contribution < -0.4 is 5.32 Å². The largest absolute Gasteiger partial charge is 0.394 e. The Morgan fingerprint density at radius 2 is 1.34 bits per heavy atom. The van der Waals surface area contributed by atoms with Crippen LogP contribution in [-0.4, -0.2) is 46.1 Å². The number of rotatable bonds is 22. The molecule has 188 valence electrons. The number of carbonyl (C=O) groups is 1. The molecule has 0 rings (SSSR count). The first-order valence-electron chi connectivity index (χ1n) is 13.1. The molecule has 0 saturated carbocycles. The highest BCUT2D eigenvalue weighted by Gasteiger charge is 2.19. The van der Waals surface area contributed by atoms with E-state index in [1.54, 1.807) is 6.08 Å². The van der Waals surface area contributed by atoms with E-state index in [0.29, 0.717) is 6.42 Å². The lowest BCUT2D eigenvalue weighted by atomic mass is 10.1. The van der Waals surface area contributed by atoms with Crippen LogP contribution in [0.5, 0.6) is 0 Å². The minimum Gasteiger partial charge on any atom is -0.394 e. The molecule has 1 amide bonds. The van der Waals surface area contributed by atoms with E-state index in [2.05, 4.69) is 31.3 Å². The summed E-state index contributed by atoms with van der Waals surface area (Å²) < 4.78 is 0. The van der Waals surface area contributed by atoms with Gasteiger partial charge in [-0.3, -0.25) is 4.79 Å². The average molecular weight is 454 g/mol. The van der Waals surface area contributed by atoms with Crippen molar-refractivity contribution in [3.63, 3.8) is 0 Å². The Morgan fingerprint density at radius 3 is 2.00 bits per heavy atom. The van der Waals surface area contributed by atoms with Crippen molar-refractivity contribution in [1.82, 2.24) is 5.32 Å². The zero-order valence-electron chi connectivity index (χ0n) is 20.8. The summed E-state index contributed by atoms with van der Waals surface area (Å²) >= 11 is 0. The molecule has 0 radical (unpaired) electrons. The van der Waals surface area contributed by atoms with E-state index in [-0.39, 0.29) is 18.9 Å². The molecule has 0 aliphatic carbocycles. The average Bonchev–Trinajstić information content (AvgIpc) is 2.77. The second kappa shape index (κ2) is 23.0. The van der Waals surface area contributed by atoms with Gasteiger partial charge < -0.3 is 20.6 Å². The zero-order chi connectivity index (χ0) is 23.9. The van der Waals surface area contributed by atoms with Gasteiger partial charge in [0.1, 0.15) is 0 Å². The molecule has 5 nitrogen and oxygen atoms in total. The lowest BCUT2D eigenvalue weighted by Crippen LogP contribution is -2.45. The smallest absolute Gasteiger partial charge is 0.222 e. The van der Waals surface area contributed by atoms with Gasteiger partial charge in [0.25, 0.3) is 0 Å². The number of allylic oxidation sites excluding steroid dienone is 3. The molecule has 3 unspecified atom stereocenters. The highest BCUT2D eigenvalue weighted by Crippen LogP contribution is 2.10. The third kappa shape index (κ3) is 19.5. The molecule has 0 aromatic heterocycles. The van der Waals surface area contributed by atoms with Crippen molar-refractivity contribution >= 4 is 5.91 Å². The molecule has 0 aliphatic heterocycles. The molecule has 0 bridgehead atoms. The van der Waals surface area contributed by atoms with Crippen molar-refractivity contribution in [2.45, 2.75) is 135 Å². The van der Waals surface area contributed by atoms with Crippen molar-refractivity contribution in [1.29, 1.82) is 0 Å². The van der Waals surface area contributed by atoms with Crippen molar-refractivity contribution in [3.8, 4) is 0 Å². The maximum absolute atomic E-state index is 12.2. The second-order valence-corrected chi connectivity index (χ2v) is 8.94. The topological polar surface area (TPSA) is 89.8 Å².